The minimum Gasteiger partial charge on any atom is -0.324 e. The fraction of sp³-hybridized carbons (Fsp3) is 0.316. The molecule has 158 valence electrons. The van der Waals surface area contributed by atoms with Gasteiger partial charge in [-0.1, -0.05) is 30.7 Å². The van der Waals surface area contributed by atoms with Crippen LogP contribution in [0.25, 0.3) is 0 Å². The highest BCUT2D eigenvalue weighted by Gasteiger charge is 2.34. The molecule has 29 heavy (non-hydrogen) atoms. The van der Waals surface area contributed by atoms with Crippen LogP contribution in [0.5, 0.6) is 0 Å². The molecule has 10 heteroatoms. The van der Waals surface area contributed by atoms with Crippen LogP contribution in [-0.2, 0) is 21.0 Å². The number of carbonyl (C=O) groups is 1. The standard InChI is InChI=1S/C19H20ClF3N2O3S/c1-4-16(18(26)24-15-7-5-6-13(10-15)19(21,22)23)25(29(3,27)28)17-11-14(20)9-8-12(17)2/h5-11,16H,4H2,1-3H3,(H,24,26). The molecule has 0 fully saturated rings. The molecule has 0 aliphatic carbocycles. The maximum atomic E-state index is 12.9. The van der Waals surface area contributed by atoms with E-state index in [1.807, 2.05) is 0 Å². The van der Waals surface area contributed by atoms with E-state index in [1.165, 1.54) is 12.1 Å². The topological polar surface area (TPSA) is 66.5 Å². The van der Waals surface area contributed by atoms with Gasteiger partial charge in [0.15, 0.2) is 0 Å². The van der Waals surface area contributed by atoms with Crippen LogP contribution in [0.15, 0.2) is 42.5 Å². The van der Waals surface area contributed by atoms with Crippen LogP contribution in [0, 0.1) is 6.92 Å². The van der Waals surface area contributed by atoms with Crippen molar-refractivity contribution in [3.05, 3.63) is 58.6 Å². The van der Waals surface area contributed by atoms with E-state index in [2.05, 4.69) is 5.32 Å². The molecule has 2 rings (SSSR count). The molecule has 0 spiro atoms. The minimum absolute atomic E-state index is 0.0838. The molecule has 0 saturated heterocycles. The molecule has 5 nitrogen and oxygen atoms in total. The van der Waals surface area contributed by atoms with E-state index in [9.17, 15) is 26.4 Å². The highest BCUT2D eigenvalue weighted by atomic mass is 35.5. The number of anilines is 2. The van der Waals surface area contributed by atoms with Gasteiger partial charge in [0.05, 0.1) is 17.5 Å². The predicted octanol–water partition coefficient (Wildman–Crippen LogP) is 4.85. The van der Waals surface area contributed by atoms with Gasteiger partial charge in [0, 0.05) is 10.7 Å². The minimum atomic E-state index is -4.57. The van der Waals surface area contributed by atoms with E-state index in [4.69, 9.17) is 11.6 Å². The van der Waals surface area contributed by atoms with Crippen molar-refractivity contribution in [2.45, 2.75) is 32.5 Å². The number of hydrogen-bond acceptors (Lipinski definition) is 3. The molecule has 1 atom stereocenters. The summed E-state index contributed by atoms with van der Waals surface area (Å²) in [5.41, 5.74) is -0.204. The molecule has 2 aromatic rings. The summed E-state index contributed by atoms with van der Waals surface area (Å²) >= 11 is 6.00. The Hall–Kier alpha value is -2.26. The molecule has 1 unspecified atom stereocenters. The number of alkyl halides is 3. The molecule has 1 N–H and O–H groups in total. The third-order valence-corrected chi connectivity index (χ3v) is 5.60. The lowest BCUT2D eigenvalue weighted by Gasteiger charge is -2.31. The second kappa shape index (κ2) is 8.62. The summed E-state index contributed by atoms with van der Waals surface area (Å²) in [6, 6.07) is 7.59. The molecule has 0 heterocycles. The SMILES string of the molecule is CCC(C(=O)Nc1cccc(C(F)(F)F)c1)N(c1cc(Cl)ccc1C)S(C)(=O)=O. The smallest absolute Gasteiger partial charge is 0.324 e. The van der Waals surface area contributed by atoms with Gasteiger partial charge in [-0.15, -0.1) is 0 Å². The zero-order valence-corrected chi connectivity index (χ0v) is 17.5. The molecule has 0 saturated carbocycles. The van der Waals surface area contributed by atoms with Crippen LogP contribution in [0.3, 0.4) is 0 Å². The van der Waals surface area contributed by atoms with Crippen LogP contribution in [0.1, 0.15) is 24.5 Å². The van der Waals surface area contributed by atoms with Crippen molar-refractivity contribution in [1.82, 2.24) is 0 Å². The monoisotopic (exact) mass is 448 g/mol. The Kier molecular flexibility index (Phi) is 6.85. The van der Waals surface area contributed by atoms with Gasteiger partial charge < -0.3 is 5.32 Å². The van der Waals surface area contributed by atoms with E-state index >= 15 is 0 Å². The average molecular weight is 449 g/mol. The first-order chi connectivity index (χ1) is 13.3. The Labute approximate surface area is 172 Å². The van der Waals surface area contributed by atoms with E-state index in [-0.39, 0.29) is 22.8 Å². The molecule has 1 amide bonds. The molecule has 2 aromatic carbocycles. The summed E-state index contributed by atoms with van der Waals surface area (Å²) in [6.45, 7) is 3.27. The van der Waals surface area contributed by atoms with Gasteiger partial charge in [-0.2, -0.15) is 13.2 Å². The highest BCUT2D eigenvalue weighted by Crippen LogP contribution is 2.32. The summed E-state index contributed by atoms with van der Waals surface area (Å²) in [4.78, 5) is 12.8. The van der Waals surface area contributed by atoms with Gasteiger partial charge in [0.1, 0.15) is 6.04 Å². The lowest BCUT2D eigenvalue weighted by atomic mass is 10.1. The number of aryl methyl sites for hydroxylation is 1. The Morgan fingerprint density at radius 1 is 1.21 bits per heavy atom. The quantitative estimate of drug-likeness (QED) is 0.687. The zero-order valence-electron chi connectivity index (χ0n) is 15.9. The number of carbonyl (C=O) groups excluding carboxylic acids is 1. The molecule has 0 radical (unpaired) electrons. The molecule has 0 aromatic heterocycles. The summed E-state index contributed by atoms with van der Waals surface area (Å²) in [5, 5.41) is 2.67. The maximum absolute atomic E-state index is 12.9. The van der Waals surface area contributed by atoms with Crippen LogP contribution in [0.4, 0.5) is 24.5 Å². The van der Waals surface area contributed by atoms with Crippen molar-refractivity contribution in [2.24, 2.45) is 0 Å². The van der Waals surface area contributed by atoms with Crippen molar-refractivity contribution in [3.63, 3.8) is 0 Å². The van der Waals surface area contributed by atoms with Gasteiger partial charge in [0.2, 0.25) is 15.9 Å². The third kappa shape index (κ3) is 5.63. The summed E-state index contributed by atoms with van der Waals surface area (Å²) in [6.07, 6.45) is -3.53. The van der Waals surface area contributed by atoms with Crippen molar-refractivity contribution in [2.75, 3.05) is 15.9 Å². The Morgan fingerprint density at radius 3 is 2.41 bits per heavy atom. The lowest BCUT2D eigenvalue weighted by molar-refractivity contribution is -0.137. The first-order valence-electron chi connectivity index (χ1n) is 8.58. The van der Waals surface area contributed by atoms with Gasteiger partial charge >= 0.3 is 6.18 Å². The van der Waals surface area contributed by atoms with Gasteiger partial charge in [-0.3, -0.25) is 9.10 Å². The Bertz CT molecular complexity index is 1010. The van der Waals surface area contributed by atoms with Crippen molar-refractivity contribution in [1.29, 1.82) is 0 Å². The van der Waals surface area contributed by atoms with Crippen LogP contribution in [0.2, 0.25) is 5.02 Å². The maximum Gasteiger partial charge on any atom is 0.416 e. The number of rotatable bonds is 6. The first kappa shape index (κ1) is 23.0. The average Bonchev–Trinajstić information content (AvgIpc) is 2.60. The number of sulfonamides is 1. The first-order valence-corrected chi connectivity index (χ1v) is 10.8. The fourth-order valence-corrected chi connectivity index (χ4v) is 4.28. The van der Waals surface area contributed by atoms with Gasteiger partial charge in [-0.25, -0.2) is 8.42 Å². The molecule has 0 bridgehead atoms. The Balaban J connectivity index is 2.43. The second-order valence-electron chi connectivity index (χ2n) is 6.48. The summed E-state index contributed by atoms with van der Waals surface area (Å²) in [5.74, 6) is -0.753. The molecule has 0 aliphatic rings. The van der Waals surface area contributed by atoms with Crippen molar-refractivity contribution in [3.8, 4) is 0 Å². The van der Waals surface area contributed by atoms with E-state index in [0.29, 0.717) is 5.56 Å². The number of nitrogens with one attached hydrogen (secondary N) is 1. The van der Waals surface area contributed by atoms with E-state index in [0.717, 1.165) is 28.8 Å². The molecule has 0 aliphatic heterocycles. The summed E-state index contributed by atoms with van der Waals surface area (Å²) < 4.78 is 64.6. The summed E-state index contributed by atoms with van der Waals surface area (Å²) in [7, 11) is -3.90. The number of amides is 1. The molecular formula is C19H20ClF3N2O3S. The predicted molar refractivity (Wildman–Crippen MR) is 108 cm³/mol. The van der Waals surface area contributed by atoms with Crippen LogP contribution >= 0.6 is 11.6 Å². The van der Waals surface area contributed by atoms with E-state index in [1.54, 1.807) is 26.0 Å². The largest absolute Gasteiger partial charge is 0.416 e. The van der Waals surface area contributed by atoms with Crippen molar-refractivity contribution < 1.29 is 26.4 Å². The normalized spacial score (nSPS) is 13.1. The third-order valence-electron chi connectivity index (χ3n) is 4.20. The highest BCUT2D eigenvalue weighted by molar-refractivity contribution is 7.92. The number of halogens is 4. The van der Waals surface area contributed by atoms with Crippen LogP contribution in [-0.4, -0.2) is 26.6 Å². The zero-order chi connectivity index (χ0) is 22.0. The van der Waals surface area contributed by atoms with Gasteiger partial charge in [-0.05, 0) is 49.2 Å². The number of nitrogens with zero attached hydrogens (tertiary/aromatic N) is 1. The van der Waals surface area contributed by atoms with E-state index < -0.39 is 33.7 Å². The fourth-order valence-electron chi connectivity index (χ4n) is 2.85. The lowest BCUT2D eigenvalue weighted by Crippen LogP contribution is -2.47. The Morgan fingerprint density at radius 2 is 1.86 bits per heavy atom. The van der Waals surface area contributed by atoms with Gasteiger partial charge in [0.25, 0.3) is 0 Å². The van der Waals surface area contributed by atoms with Crippen LogP contribution < -0.4 is 9.62 Å². The molecular weight excluding hydrogens is 429 g/mol. The number of hydrogen-bond donors (Lipinski definition) is 1. The van der Waals surface area contributed by atoms with Crippen molar-refractivity contribution >= 4 is 38.9 Å². The number of benzene rings is 2. The second-order valence-corrected chi connectivity index (χ2v) is 8.78.